The Kier molecular flexibility index (Phi) is 2.43. The number of fused-ring (bicyclic) bond motifs is 2. The van der Waals surface area contributed by atoms with Gasteiger partial charge in [0.15, 0.2) is 22.8 Å². The van der Waals surface area contributed by atoms with Crippen LogP contribution in [0.3, 0.4) is 0 Å². The Labute approximate surface area is 109 Å². The molecule has 0 fully saturated rings. The molecule has 0 aliphatic rings. The van der Waals surface area contributed by atoms with E-state index in [1.165, 1.54) is 14.1 Å². The van der Waals surface area contributed by atoms with Gasteiger partial charge in [-0.15, -0.1) is 0 Å². The molecule has 0 saturated carbocycles. The van der Waals surface area contributed by atoms with Crippen molar-refractivity contribution < 1.29 is 8.78 Å². The second-order valence-corrected chi connectivity index (χ2v) is 4.36. The summed E-state index contributed by atoms with van der Waals surface area (Å²) in [5, 5.41) is 0. The van der Waals surface area contributed by atoms with Crippen LogP contribution in [0, 0.1) is 11.6 Å². The standard InChI is InChI=1S/C12H8F2N4O2/c1-17-10-9(11(19)18(2)12(17)20)15-7-3-5(13)6(14)4-8(7)16-10/h3-4H,1-2H3. The first-order valence-electron chi connectivity index (χ1n) is 5.62. The molecule has 0 aliphatic carbocycles. The number of aromatic nitrogens is 4. The first-order valence-corrected chi connectivity index (χ1v) is 5.62. The van der Waals surface area contributed by atoms with E-state index in [4.69, 9.17) is 0 Å². The fourth-order valence-electron chi connectivity index (χ4n) is 1.98. The number of rotatable bonds is 0. The molecule has 8 heteroatoms. The monoisotopic (exact) mass is 278 g/mol. The van der Waals surface area contributed by atoms with Gasteiger partial charge >= 0.3 is 5.69 Å². The van der Waals surface area contributed by atoms with Crippen LogP contribution in [0.2, 0.25) is 0 Å². The van der Waals surface area contributed by atoms with Crippen LogP contribution in [0.15, 0.2) is 21.7 Å². The number of aryl methyl sites for hydroxylation is 1. The predicted octanol–water partition coefficient (Wildman–Crippen LogP) is 0.459. The van der Waals surface area contributed by atoms with E-state index in [0.717, 1.165) is 21.3 Å². The van der Waals surface area contributed by atoms with Gasteiger partial charge in [-0.3, -0.25) is 13.9 Å². The molecule has 0 bridgehead atoms. The molecule has 0 aliphatic heterocycles. The van der Waals surface area contributed by atoms with Gasteiger partial charge in [0.1, 0.15) is 0 Å². The SMILES string of the molecule is Cn1c(=O)c2nc3cc(F)c(F)cc3nc2n(C)c1=O. The first kappa shape index (κ1) is 12.4. The fourth-order valence-corrected chi connectivity index (χ4v) is 1.98. The van der Waals surface area contributed by atoms with Crippen LogP contribution in [-0.2, 0) is 14.1 Å². The maximum atomic E-state index is 13.2. The highest BCUT2D eigenvalue weighted by Crippen LogP contribution is 2.16. The molecular formula is C12H8F2N4O2. The van der Waals surface area contributed by atoms with E-state index in [0.29, 0.717) is 0 Å². The topological polar surface area (TPSA) is 69.8 Å². The largest absolute Gasteiger partial charge is 0.332 e. The van der Waals surface area contributed by atoms with E-state index in [-0.39, 0.29) is 22.2 Å². The lowest BCUT2D eigenvalue weighted by atomic mass is 10.2. The van der Waals surface area contributed by atoms with Crippen LogP contribution in [-0.4, -0.2) is 19.1 Å². The first-order chi connectivity index (χ1) is 9.40. The second-order valence-electron chi connectivity index (χ2n) is 4.36. The zero-order valence-electron chi connectivity index (χ0n) is 10.5. The molecule has 2 aromatic heterocycles. The number of hydrogen-bond donors (Lipinski definition) is 0. The molecule has 6 nitrogen and oxygen atoms in total. The molecule has 3 aromatic rings. The fraction of sp³-hybridized carbons (Fsp3) is 0.167. The normalized spacial score (nSPS) is 11.4. The zero-order chi connectivity index (χ0) is 14.6. The molecule has 3 rings (SSSR count). The van der Waals surface area contributed by atoms with Crippen molar-refractivity contribution in [3.8, 4) is 0 Å². The highest BCUT2D eigenvalue weighted by Gasteiger charge is 2.14. The molecule has 2 heterocycles. The van der Waals surface area contributed by atoms with Crippen LogP contribution in [0.1, 0.15) is 0 Å². The summed E-state index contributed by atoms with van der Waals surface area (Å²) in [4.78, 5) is 31.8. The van der Waals surface area contributed by atoms with Gasteiger partial charge in [-0.2, -0.15) is 0 Å². The van der Waals surface area contributed by atoms with Gasteiger partial charge in [0.05, 0.1) is 11.0 Å². The van der Waals surface area contributed by atoms with E-state index in [1.807, 2.05) is 0 Å². The number of nitrogens with zero attached hydrogens (tertiary/aromatic N) is 4. The summed E-state index contributed by atoms with van der Waals surface area (Å²) >= 11 is 0. The second kappa shape index (κ2) is 3.92. The van der Waals surface area contributed by atoms with Crippen molar-refractivity contribution in [3.63, 3.8) is 0 Å². The molecule has 0 N–H and O–H groups in total. The third-order valence-corrected chi connectivity index (χ3v) is 3.09. The lowest BCUT2D eigenvalue weighted by Crippen LogP contribution is -2.37. The average molecular weight is 278 g/mol. The molecule has 102 valence electrons. The van der Waals surface area contributed by atoms with Crippen molar-refractivity contribution in [3.05, 3.63) is 44.6 Å². The van der Waals surface area contributed by atoms with Gasteiger partial charge in [-0.1, -0.05) is 0 Å². The lowest BCUT2D eigenvalue weighted by Gasteiger charge is -2.07. The predicted molar refractivity (Wildman–Crippen MR) is 67.4 cm³/mol. The Morgan fingerprint density at radius 1 is 0.950 bits per heavy atom. The smallest absolute Gasteiger partial charge is 0.279 e. The van der Waals surface area contributed by atoms with Crippen molar-refractivity contribution in [2.75, 3.05) is 0 Å². The van der Waals surface area contributed by atoms with Crippen molar-refractivity contribution in [1.29, 1.82) is 0 Å². The summed E-state index contributed by atoms with van der Waals surface area (Å²) < 4.78 is 28.4. The van der Waals surface area contributed by atoms with Gasteiger partial charge in [0.2, 0.25) is 0 Å². The molecule has 0 unspecified atom stereocenters. The summed E-state index contributed by atoms with van der Waals surface area (Å²) in [6.07, 6.45) is 0. The molecule has 0 saturated heterocycles. The number of benzene rings is 1. The van der Waals surface area contributed by atoms with Crippen LogP contribution in [0.5, 0.6) is 0 Å². The van der Waals surface area contributed by atoms with Gasteiger partial charge in [-0.05, 0) is 0 Å². The summed E-state index contributed by atoms with van der Waals surface area (Å²) in [6, 6.07) is 1.74. The Balaban J connectivity index is 2.61. The Bertz CT molecular complexity index is 991. The summed E-state index contributed by atoms with van der Waals surface area (Å²) in [5.74, 6) is -2.15. The van der Waals surface area contributed by atoms with E-state index >= 15 is 0 Å². The highest BCUT2D eigenvalue weighted by molar-refractivity contribution is 5.83. The quantitative estimate of drug-likeness (QED) is 0.560. The molecule has 0 atom stereocenters. The third kappa shape index (κ3) is 1.54. The van der Waals surface area contributed by atoms with Gasteiger partial charge in [0.25, 0.3) is 5.56 Å². The van der Waals surface area contributed by atoms with E-state index in [9.17, 15) is 18.4 Å². The Morgan fingerprint density at radius 3 is 2.10 bits per heavy atom. The minimum Gasteiger partial charge on any atom is -0.279 e. The molecular weight excluding hydrogens is 270 g/mol. The summed E-state index contributed by atoms with van der Waals surface area (Å²) in [7, 11) is 2.73. The van der Waals surface area contributed by atoms with Crippen LogP contribution in [0.25, 0.3) is 22.2 Å². The molecule has 0 radical (unpaired) electrons. The van der Waals surface area contributed by atoms with Crippen molar-refractivity contribution in [2.24, 2.45) is 14.1 Å². The number of halogens is 2. The van der Waals surface area contributed by atoms with Crippen molar-refractivity contribution in [1.82, 2.24) is 19.1 Å². The minimum absolute atomic E-state index is 0.0246. The third-order valence-electron chi connectivity index (χ3n) is 3.09. The van der Waals surface area contributed by atoms with Gasteiger partial charge in [0, 0.05) is 26.2 Å². The van der Waals surface area contributed by atoms with E-state index < -0.39 is 22.9 Å². The van der Waals surface area contributed by atoms with Crippen molar-refractivity contribution in [2.45, 2.75) is 0 Å². The minimum atomic E-state index is -1.08. The Morgan fingerprint density at radius 2 is 1.50 bits per heavy atom. The molecule has 0 spiro atoms. The van der Waals surface area contributed by atoms with Crippen LogP contribution < -0.4 is 11.2 Å². The maximum absolute atomic E-state index is 13.2. The molecule has 0 amide bonds. The number of hydrogen-bond acceptors (Lipinski definition) is 4. The van der Waals surface area contributed by atoms with Crippen LogP contribution >= 0.6 is 0 Å². The van der Waals surface area contributed by atoms with Crippen molar-refractivity contribution >= 4 is 22.2 Å². The maximum Gasteiger partial charge on any atom is 0.332 e. The molecule has 20 heavy (non-hydrogen) atoms. The summed E-state index contributed by atoms with van der Waals surface area (Å²) in [5.41, 5.74) is -1.14. The summed E-state index contributed by atoms with van der Waals surface area (Å²) in [6.45, 7) is 0. The van der Waals surface area contributed by atoms with Gasteiger partial charge in [-0.25, -0.2) is 23.5 Å². The van der Waals surface area contributed by atoms with E-state index in [1.54, 1.807) is 0 Å². The van der Waals surface area contributed by atoms with E-state index in [2.05, 4.69) is 9.97 Å². The lowest BCUT2D eigenvalue weighted by molar-refractivity contribution is 0.510. The Hall–Kier alpha value is -2.64. The van der Waals surface area contributed by atoms with Crippen LogP contribution in [0.4, 0.5) is 8.78 Å². The average Bonchev–Trinajstić information content (AvgIpc) is 2.43. The van der Waals surface area contributed by atoms with Gasteiger partial charge < -0.3 is 0 Å². The highest BCUT2D eigenvalue weighted by atomic mass is 19.2. The zero-order valence-corrected chi connectivity index (χ0v) is 10.5. The molecule has 1 aromatic carbocycles.